The predicted octanol–water partition coefficient (Wildman–Crippen LogP) is 1.77. The molecule has 1 amide bonds. The molecule has 1 aromatic carbocycles. The molecule has 0 aromatic heterocycles. The first kappa shape index (κ1) is 13.9. The van der Waals surface area contributed by atoms with Crippen LogP contribution in [0, 0.1) is 12.8 Å². The van der Waals surface area contributed by atoms with E-state index in [4.69, 9.17) is 0 Å². The highest BCUT2D eigenvalue weighted by atomic mass is 16.3. The van der Waals surface area contributed by atoms with Crippen molar-refractivity contribution in [2.75, 3.05) is 26.7 Å². The number of hydrogen-bond acceptors (Lipinski definition) is 3. The van der Waals surface area contributed by atoms with Gasteiger partial charge >= 0.3 is 0 Å². The lowest BCUT2D eigenvalue weighted by Crippen LogP contribution is -2.37. The van der Waals surface area contributed by atoms with Crippen LogP contribution < -0.4 is 5.32 Å². The van der Waals surface area contributed by atoms with E-state index in [0.29, 0.717) is 11.5 Å². The number of carbonyl (C=O) groups is 1. The van der Waals surface area contributed by atoms with Crippen LogP contribution in [0.25, 0.3) is 0 Å². The third kappa shape index (κ3) is 3.47. The molecule has 2 rings (SSSR count). The summed E-state index contributed by atoms with van der Waals surface area (Å²) in [6.07, 6.45) is 2.22. The van der Waals surface area contributed by atoms with Gasteiger partial charge in [0.05, 0.1) is 5.56 Å². The van der Waals surface area contributed by atoms with Gasteiger partial charge in [0.2, 0.25) is 0 Å². The van der Waals surface area contributed by atoms with Crippen molar-refractivity contribution in [1.82, 2.24) is 10.2 Å². The van der Waals surface area contributed by atoms with Crippen molar-refractivity contribution in [3.8, 4) is 5.75 Å². The second-order valence-corrected chi connectivity index (χ2v) is 5.40. The number of aromatic hydroxyl groups is 1. The zero-order chi connectivity index (χ0) is 13.8. The van der Waals surface area contributed by atoms with Gasteiger partial charge in [0.25, 0.3) is 5.91 Å². The molecule has 4 nitrogen and oxygen atoms in total. The molecule has 1 heterocycles. The Bertz CT molecular complexity index is 453. The third-order valence-corrected chi connectivity index (χ3v) is 3.72. The fourth-order valence-corrected chi connectivity index (χ4v) is 2.56. The van der Waals surface area contributed by atoms with Crippen molar-refractivity contribution < 1.29 is 9.90 Å². The third-order valence-electron chi connectivity index (χ3n) is 3.72. The molecule has 1 aliphatic heterocycles. The first-order valence-electron chi connectivity index (χ1n) is 6.83. The second kappa shape index (κ2) is 6.06. The normalized spacial score (nSPS) is 16.3. The number of nitrogens with one attached hydrogen (secondary N) is 1. The summed E-state index contributed by atoms with van der Waals surface area (Å²) < 4.78 is 0. The highest BCUT2D eigenvalue weighted by Gasteiger charge is 2.20. The molecule has 1 saturated heterocycles. The highest BCUT2D eigenvalue weighted by molar-refractivity contribution is 5.96. The van der Waals surface area contributed by atoms with E-state index in [9.17, 15) is 9.90 Å². The van der Waals surface area contributed by atoms with Crippen LogP contribution in [0.15, 0.2) is 18.2 Å². The number of benzene rings is 1. The molecule has 1 aliphatic rings. The van der Waals surface area contributed by atoms with Gasteiger partial charge in [0.1, 0.15) is 5.75 Å². The fourth-order valence-electron chi connectivity index (χ4n) is 2.56. The largest absolute Gasteiger partial charge is 0.507 e. The van der Waals surface area contributed by atoms with Crippen LogP contribution >= 0.6 is 0 Å². The van der Waals surface area contributed by atoms with Gasteiger partial charge in [-0.2, -0.15) is 0 Å². The zero-order valence-electron chi connectivity index (χ0n) is 11.6. The Morgan fingerprint density at radius 3 is 2.79 bits per heavy atom. The minimum Gasteiger partial charge on any atom is -0.507 e. The minimum atomic E-state index is -0.0975. The van der Waals surface area contributed by atoms with Gasteiger partial charge in [0.15, 0.2) is 0 Å². The highest BCUT2D eigenvalue weighted by Crippen LogP contribution is 2.21. The summed E-state index contributed by atoms with van der Waals surface area (Å²) in [4.78, 5) is 14.1. The number of nitrogens with zero attached hydrogens (tertiary/aromatic N) is 1. The summed E-state index contributed by atoms with van der Waals surface area (Å²) >= 11 is 0. The number of carbonyl (C=O) groups excluding carboxylic acids is 1. The molecule has 4 heteroatoms. The molecule has 104 valence electrons. The molecule has 0 bridgehead atoms. The summed E-state index contributed by atoms with van der Waals surface area (Å²) in [6, 6.07) is 5.14. The van der Waals surface area contributed by atoms with Gasteiger partial charge in [-0.1, -0.05) is 11.6 Å². The van der Waals surface area contributed by atoms with E-state index in [1.165, 1.54) is 0 Å². The molecule has 1 aromatic rings. The van der Waals surface area contributed by atoms with E-state index < -0.39 is 0 Å². The Kier molecular flexibility index (Phi) is 4.43. The Labute approximate surface area is 114 Å². The average molecular weight is 262 g/mol. The molecule has 0 spiro atoms. The van der Waals surface area contributed by atoms with Crippen molar-refractivity contribution in [2.24, 2.45) is 5.92 Å². The lowest BCUT2D eigenvalue weighted by atomic mass is 9.97. The monoisotopic (exact) mass is 262 g/mol. The lowest BCUT2D eigenvalue weighted by Gasteiger charge is -2.27. The molecule has 1 fully saturated rings. The van der Waals surface area contributed by atoms with Crippen molar-refractivity contribution >= 4 is 5.91 Å². The van der Waals surface area contributed by atoms with Gasteiger partial charge in [0, 0.05) is 13.6 Å². The van der Waals surface area contributed by atoms with Crippen LogP contribution in [0.3, 0.4) is 0 Å². The Morgan fingerprint density at radius 2 is 2.11 bits per heavy atom. The van der Waals surface area contributed by atoms with E-state index in [1.54, 1.807) is 23.1 Å². The maximum Gasteiger partial charge on any atom is 0.257 e. The SMILES string of the molecule is Cc1ccc(O)c(C(=O)N(C)CC2CCNCC2)c1. The minimum absolute atomic E-state index is 0.0627. The number of phenolic OH excluding ortho intramolecular Hbond substituents is 1. The standard InChI is InChI=1S/C15H22N2O2/c1-11-3-4-14(18)13(9-11)15(19)17(2)10-12-5-7-16-8-6-12/h3-4,9,12,16,18H,5-8,10H2,1-2H3. The fraction of sp³-hybridized carbons (Fsp3) is 0.533. The number of amides is 1. The molecule has 19 heavy (non-hydrogen) atoms. The molecular formula is C15H22N2O2. The van der Waals surface area contributed by atoms with E-state index in [0.717, 1.165) is 38.0 Å². The number of hydrogen-bond donors (Lipinski definition) is 2. The molecule has 0 radical (unpaired) electrons. The van der Waals surface area contributed by atoms with Crippen LogP contribution in [0.4, 0.5) is 0 Å². The topological polar surface area (TPSA) is 52.6 Å². The number of aryl methyl sites for hydroxylation is 1. The zero-order valence-corrected chi connectivity index (χ0v) is 11.6. The summed E-state index contributed by atoms with van der Waals surface area (Å²) in [7, 11) is 1.81. The lowest BCUT2D eigenvalue weighted by molar-refractivity contribution is 0.0759. The maximum absolute atomic E-state index is 12.3. The van der Waals surface area contributed by atoms with Gasteiger partial charge in [-0.05, 0) is 50.9 Å². The summed E-state index contributed by atoms with van der Waals surface area (Å²) in [6.45, 7) is 4.74. The van der Waals surface area contributed by atoms with E-state index in [-0.39, 0.29) is 11.7 Å². The predicted molar refractivity (Wildman–Crippen MR) is 75.4 cm³/mol. The van der Waals surface area contributed by atoms with Crippen LogP contribution in [0.2, 0.25) is 0 Å². The first-order chi connectivity index (χ1) is 9.08. The first-order valence-corrected chi connectivity index (χ1v) is 6.83. The van der Waals surface area contributed by atoms with Crippen LogP contribution in [0.5, 0.6) is 5.75 Å². The Morgan fingerprint density at radius 1 is 1.42 bits per heavy atom. The van der Waals surface area contributed by atoms with Gasteiger partial charge < -0.3 is 15.3 Å². The second-order valence-electron chi connectivity index (χ2n) is 5.40. The maximum atomic E-state index is 12.3. The Hall–Kier alpha value is -1.55. The van der Waals surface area contributed by atoms with Crippen molar-refractivity contribution in [3.05, 3.63) is 29.3 Å². The molecule has 0 aliphatic carbocycles. The van der Waals surface area contributed by atoms with Crippen LogP contribution in [-0.4, -0.2) is 42.6 Å². The van der Waals surface area contributed by atoms with E-state index in [2.05, 4.69) is 5.32 Å². The summed E-state index contributed by atoms with van der Waals surface area (Å²) in [5, 5.41) is 13.1. The average Bonchev–Trinajstić information content (AvgIpc) is 2.42. The number of piperidine rings is 1. The van der Waals surface area contributed by atoms with E-state index in [1.807, 2.05) is 14.0 Å². The number of phenols is 1. The van der Waals surface area contributed by atoms with Crippen molar-refractivity contribution in [3.63, 3.8) is 0 Å². The summed E-state index contributed by atoms with van der Waals surface area (Å²) in [5.74, 6) is 0.523. The molecule has 0 saturated carbocycles. The number of rotatable bonds is 3. The van der Waals surface area contributed by atoms with Crippen LogP contribution in [-0.2, 0) is 0 Å². The molecular weight excluding hydrogens is 240 g/mol. The summed E-state index contributed by atoms with van der Waals surface area (Å²) in [5.41, 5.74) is 1.38. The van der Waals surface area contributed by atoms with Crippen LogP contribution in [0.1, 0.15) is 28.8 Å². The van der Waals surface area contributed by atoms with Crippen molar-refractivity contribution in [2.45, 2.75) is 19.8 Å². The van der Waals surface area contributed by atoms with Crippen molar-refractivity contribution in [1.29, 1.82) is 0 Å². The molecule has 2 N–H and O–H groups in total. The van der Waals surface area contributed by atoms with Gasteiger partial charge in [-0.3, -0.25) is 4.79 Å². The molecule has 0 atom stereocenters. The Balaban J connectivity index is 2.03. The van der Waals surface area contributed by atoms with Gasteiger partial charge in [-0.15, -0.1) is 0 Å². The van der Waals surface area contributed by atoms with E-state index >= 15 is 0 Å². The van der Waals surface area contributed by atoms with Gasteiger partial charge in [-0.25, -0.2) is 0 Å². The molecule has 0 unspecified atom stereocenters. The smallest absolute Gasteiger partial charge is 0.257 e. The quantitative estimate of drug-likeness (QED) is 0.873.